The van der Waals surface area contributed by atoms with Crippen molar-refractivity contribution in [2.45, 2.75) is 6.10 Å². The number of hydrogen-bond donors (Lipinski definition) is 2. The number of ether oxygens (including phenoxy) is 1. The van der Waals surface area contributed by atoms with E-state index < -0.39 is 6.10 Å². The van der Waals surface area contributed by atoms with Crippen molar-refractivity contribution < 1.29 is 14.6 Å². The number of nitrogens with one attached hydrogen (secondary N) is 1. The maximum absolute atomic E-state index is 11.5. The van der Waals surface area contributed by atoms with E-state index in [1.165, 1.54) is 13.2 Å². The van der Waals surface area contributed by atoms with Crippen molar-refractivity contribution in [1.82, 2.24) is 5.32 Å². The Balaban J connectivity index is 2.52. The maximum Gasteiger partial charge on any atom is 0.244 e. The van der Waals surface area contributed by atoms with Crippen molar-refractivity contribution in [3.63, 3.8) is 0 Å². The molecule has 0 aliphatic rings. The van der Waals surface area contributed by atoms with Gasteiger partial charge in [0.15, 0.2) is 0 Å². The number of aliphatic hydroxyl groups excluding tert-OH is 1. The summed E-state index contributed by atoms with van der Waals surface area (Å²) in [5.41, 5.74) is 0.654. The van der Waals surface area contributed by atoms with E-state index >= 15 is 0 Å². The SMILES string of the molecule is COCC(O)CNC(=O)/C=C/c1cc(Cl)ccc1Cl. The smallest absolute Gasteiger partial charge is 0.244 e. The number of methoxy groups -OCH3 is 1. The molecule has 0 aliphatic heterocycles. The molecular formula is C13H15Cl2NO3. The van der Waals surface area contributed by atoms with Crippen molar-refractivity contribution in [2.24, 2.45) is 0 Å². The first kappa shape index (κ1) is 16.0. The minimum Gasteiger partial charge on any atom is -0.389 e. The molecule has 0 bridgehead atoms. The van der Waals surface area contributed by atoms with E-state index in [0.717, 1.165) is 0 Å². The largest absolute Gasteiger partial charge is 0.389 e. The Morgan fingerprint density at radius 3 is 2.95 bits per heavy atom. The highest BCUT2D eigenvalue weighted by molar-refractivity contribution is 6.34. The highest BCUT2D eigenvalue weighted by atomic mass is 35.5. The van der Waals surface area contributed by atoms with Gasteiger partial charge in [0, 0.05) is 29.8 Å². The van der Waals surface area contributed by atoms with Gasteiger partial charge in [-0.25, -0.2) is 0 Å². The van der Waals surface area contributed by atoms with Crippen molar-refractivity contribution in [3.8, 4) is 0 Å². The van der Waals surface area contributed by atoms with Gasteiger partial charge in [0.2, 0.25) is 5.91 Å². The number of aliphatic hydroxyl groups is 1. The van der Waals surface area contributed by atoms with Gasteiger partial charge in [0.05, 0.1) is 12.7 Å². The Morgan fingerprint density at radius 1 is 1.53 bits per heavy atom. The van der Waals surface area contributed by atoms with Gasteiger partial charge >= 0.3 is 0 Å². The maximum atomic E-state index is 11.5. The molecule has 0 radical (unpaired) electrons. The first-order chi connectivity index (χ1) is 9.02. The van der Waals surface area contributed by atoms with E-state index in [2.05, 4.69) is 5.32 Å². The standard InChI is InChI=1S/C13H15Cl2NO3/c1-19-8-11(17)7-16-13(18)5-2-9-6-10(14)3-4-12(9)15/h2-6,11,17H,7-8H2,1H3,(H,16,18)/b5-2+. The zero-order chi connectivity index (χ0) is 14.3. The highest BCUT2D eigenvalue weighted by Gasteiger charge is 2.04. The molecule has 2 N–H and O–H groups in total. The van der Waals surface area contributed by atoms with Crippen LogP contribution in [0.15, 0.2) is 24.3 Å². The van der Waals surface area contributed by atoms with E-state index in [1.807, 2.05) is 0 Å². The van der Waals surface area contributed by atoms with Crippen LogP contribution in [0.5, 0.6) is 0 Å². The quantitative estimate of drug-likeness (QED) is 0.792. The van der Waals surface area contributed by atoms with Gasteiger partial charge in [0.1, 0.15) is 0 Å². The molecule has 19 heavy (non-hydrogen) atoms. The van der Waals surface area contributed by atoms with E-state index in [-0.39, 0.29) is 19.1 Å². The normalized spacial score (nSPS) is 12.6. The molecule has 0 aromatic heterocycles. The minimum absolute atomic E-state index is 0.125. The summed E-state index contributed by atoms with van der Waals surface area (Å²) in [5.74, 6) is -0.328. The van der Waals surface area contributed by atoms with E-state index in [4.69, 9.17) is 27.9 Å². The molecule has 0 heterocycles. The molecule has 104 valence electrons. The second kappa shape index (κ2) is 8.17. The van der Waals surface area contributed by atoms with Gasteiger partial charge in [-0.3, -0.25) is 4.79 Å². The van der Waals surface area contributed by atoms with Crippen LogP contribution in [0, 0.1) is 0 Å². The van der Waals surface area contributed by atoms with Crippen LogP contribution in [0.25, 0.3) is 6.08 Å². The summed E-state index contributed by atoms with van der Waals surface area (Å²) in [6, 6.07) is 4.99. The number of benzene rings is 1. The molecule has 1 aromatic rings. The van der Waals surface area contributed by atoms with E-state index in [0.29, 0.717) is 15.6 Å². The third-order valence-corrected chi connectivity index (χ3v) is 2.82. The molecule has 1 aromatic carbocycles. The van der Waals surface area contributed by atoms with Crippen molar-refractivity contribution in [1.29, 1.82) is 0 Å². The summed E-state index contributed by atoms with van der Waals surface area (Å²) in [4.78, 5) is 11.5. The Labute approximate surface area is 122 Å². The number of carbonyl (C=O) groups is 1. The monoisotopic (exact) mass is 303 g/mol. The molecule has 0 saturated heterocycles. The van der Waals surface area contributed by atoms with Gasteiger partial charge in [0.25, 0.3) is 0 Å². The predicted octanol–water partition coefficient (Wildman–Crippen LogP) is 2.13. The predicted molar refractivity (Wildman–Crippen MR) is 76.4 cm³/mol. The molecule has 1 atom stereocenters. The van der Waals surface area contributed by atoms with Gasteiger partial charge in [-0.1, -0.05) is 23.2 Å². The lowest BCUT2D eigenvalue weighted by Crippen LogP contribution is -2.33. The number of hydrogen-bond acceptors (Lipinski definition) is 3. The van der Waals surface area contributed by atoms with Crippen LogP contribution in [-0.2, 0) is 9.53 Å². The number of rotatable bonds is 6. The molecule has 1 amide bonds. The first-order valence-electron chi connectivity index (χ1n) is 5.61. The van der Waals surface area contributed by atoms with Crippen LogP contribution < -0.4 is 5.32 Å². The van der Waals surface area contributed by atoms with Crippen molar-refractivity contribution in [3.05, 3.63) is 39.9 Å². The Kier molecular flexibility index (Phi) is 6.87. The minimum atomic E-state index is -0.725. The van der Waals surface area contributed by atoms with Crippen LogP contribution in [0.2, 0.25) is 10.0 Å². The molecule has 0 saturated carbocycles. The lowest BCUT2D eigenvalue weighted by Gasteiger charge is -2.09. The third kappa shape index (κ3) is 6.07. The van der Waals surface area contributed by atoms with Crippen LogP contribution in [0.3, 0.4) is 0 Å². The van der Waals surface area contributed by atoms with Crippen molar-refractivity contribution in [2.75, 3.05) is 20.3 Å². The van der Waals surface area contributed by atoms with Crippen LogP contribution in [-0.4, -0.2) is 37.4 Å². The lowest BCUT2D eigenvalue weighted by molar-refractivity contribution is -0.117. The summed E-state index contributed by atoms with van der Waals surface area (Å²) in [5, 5.41) is 13.0. The zero-order valence-electron chi connectivity index (χ0n) is 10.4. The molecule has 0 spiro atoms. The fraction of sp³-hybridized carbons (Fsp3) is 0.308. The molecule has 0 fully saturated rings. The van der Waals surface area contributed by atoms with Crippen molar-refractivity contribution >= 4 is 35.2 Å². The highest BCUT2D eigenvalue weighted by Crippen LogP contribution is 2.21. The fourth-order valence-electron chi connectivity index (χ4n) is 1.34. The van der Waals surface area contributed by atoms with E-state index in [9.17, 15) is 9.90 Å². The fourth-order valence-corrected chi connectivity index (χ4v) is 1.70. The molecule has 6 heteroatoms. The number of carbonyl (C=O) groups excluding carboxylic acids is 1. The number of amides is 1. The topological polar surface area (TPSA) is 58.6 Å². The third-order valence-electron chi connectivity index (χ3n) is 2.24. The second-order valence-electron chi connectivity index (χ2n) is 3.85. The summed E-state index contributed by atoms with van der Waals surface area (Å²) in [7, 11) is 1.48. The van der Waals surface area contributed by atoms with Gasteiger partial charge in [-0.15, -0.1) is 0 Å². The average molecular weight is 304 g/mol. The Morgan fingerprint density at radius 2 is 2.26 bits per heavy atom. The molecule has 1 unspecified atom stereocenters. The van der Waals surface area contributed by atoms with Crippen LogP contribution in [0.1, 0.15) is 5.56 Å². The molecule has 1 rings (SSSR count). The van der Waals surface area contributed by atoms with Gasteiger partial charge in [-0.2, -0.15) is 0 Å². The average Bonchev–Trinajstić information content (AvgIpc) is 2.38. The summed E-state index contributed by atoms with van der Waals surface area (Å²) in [6.45, 7) is 0.296. The number of halogens is 2. The first-order valence-corrected chi connectivity index (χ1v) is 6.36. The van der Waals surface area contributed by atoms with Crippen LogP contribution >= 0.6 is 23.2 Å². The summed E-state index contributed by atoms with van der Waals surface area (Å²) < 4.78 is 4.74. The van der Waals surface area contributed by atoms with Gasteiger partial charge in [-0.05, 0) is 29.8 Å². The lowest BCUT2D eigenvalue weighted by atomic mass is 10.2. The summed E-state index contributed by atoms with van der Waals surface area (Å²) in [6.07, 6.45) is 2.17. The molecular weight excluding hydrogens is 289 g/mol. The van der Waals surface area contributed by atoms with Gasteiger partial charge < -0.3 is 15.2 Å². The summed E-state index contributed by atoms with van der Waals surface area (Å²) >= 11 is 11.8. The molecule has 0 aliphatic carbocycles. The zero-order valence-corrected chi connectivity index (χ0v) is 11.9. The Hall–Kier alpha value is -1.07. The van der Waals surface area contributed by atoms with Crippen LogP contribution in [0.4, 0.5) is 0 Å². The Bertz CT molecular complexity index is 463. The second-order valence-corrected chi connectivity index (χ2v) is 4.70. The molecule has 4 nitrogen and oxygen atoms in total. The van der Waals surface area contributed by atoms with E-state index in [1.54, 1.807) is 24.3 Å².